The number of phenols is 1. The summed E-state index contributed by atoms with van der Waals surface area (Å²) in [5.41, 5.74) is 3.26. The lowest BCUT2D eigenvalue weighted by atomic mass is 9.95. The molecule has 1 saturated heterocycles. The van der Waals surface area contributed by atoms with Gasteiger partial charge in [-0.1, -0.05) is 42.5 Å². The van der Waals surface area contributed by atoms with Crippen molar-refractivity contribution in [3.8, 4) is 5.75 Å². The molecule has 0 bridgehead atoms. The summed E-state index contributed by atoms with van der Waals surface area (Å²) in [5, 5.41) is 27.2. The van der Waals surface area contributed by atoms with Crippen LogP contribution in [0.4, 0.5) is 11.4 Å². The number of aromatic nitrogens is 2. The molecule has 0 saturated carbocycles. The molecule has 9 heteroatoms. The Morgan fingerprint density at radius 3 is 2.27 bits per heavy atom. The summed E-state index contributed by atoms with van der Waals surface area (Å²) in [4.78, 5) is 30.9. The zero-order valence-electron chi connectivity index (χ0n) is 22.7. The van der Waals surface area contributed by atoms with Crippen LogP contribution in [0.25, 0.3) is 5.57 Å². The van der Waals surface area contributed by atoms with Crippen LogP contribution in [0, 0.1) is 12.8 Å². The van der Waals surface area contributed by atoms with Gasteiger partial charge in [-0.15, -0.1) is 0 Å². The first kappa shape index (κ1) is 27.5. The van der Waals surface area contributed by atoms with E-state index in [0.717, 1.165) is 55.0 Å². The number of piperidine rings is 1. The fourth-order valence-electron chi connectivity index (χ4n) is 4.96. The number of nitrogens with zero attached hydrogens (tertiary/aromatic N) is 5. The smallest absolute Gasteiger partial charge is 0.339 e. The number of carboxylic acids is 1. The lowest BCUT2D eigenvalue weighted by molar-refractivity contribution is -0.127. The summed E-state index contributed by atoms with van der Waals surface area (Å²) >= 11 is 0. The third kappa shape index (κ3) is 6.75. The number of azo groups is 1. The molecule has 41 heavy (non-hydrogen) atoms. The molecule has 0 unspecified atom stereocenters. The molecule has 0 aliphatic carbocycles. The van der Waals surface area contributed by atoms with Gasteiger partial charge in [-0.3, -0.25) is 4.79 Å². The Balaban J connectivity index is 1.30. The van der Waals surface area contributed by atoms with Crippen molar-refractivity contribution in [2.45, 2.75) is 26.3 Å². The quantitative estimate of drug-likeness (QED) is 0.195. The minimum absolute atomic E-state index is 0.00792. The largest absolute Gasteiger partial charge is 0.507 e. The Kier molecular flexibility index (Phi) is 8.34. The van der Waals surface area contributed by atoms with Crippen LogP contribution >= 0.6 is 0 Å². The van der Waals surface area contributed by atoms with E-state index in [2.05, 4.69) is 19.8 Å². The van der Waals surface area contributed by atoms with Gasteiger partial charge in [-0.2, -0.15) is 10.2 Å². The molecule has 4 aromatic rings. The third-order valence-corrected chi connectivity index (χ3v) is 7.33. The summed E-state index contributed by atoms with van der Waals surface area (Å²) < 4.78 is 2.18. The maximum atomic E-state index is 13.4. The summed E-state index contributed by atoms with van der Waals surface area (Å²) in [7, 11) is 0. The number of benzene rings is 3. The molecular formula is C32H31N5O4. The summed E-state index contributed by atoms with van der Waals surface area (Å²) in [6, 6.07) is 21.2. The van der Waals surface area contributed by atoms with Crippen molar-refractivity contribution >= 4 is 28.8 Å². The van der Waals surface area contributed by atoms with Gasteiger partial charge in [-0.05, 0) is 72.7 Å². The molecule has 0 radical (unpaired) electrons. The average molecular weight is 550 g/mol. The number of carbonyl (C=O) groups is 2. The van der Waals surface area contributed by atoms with Crippen molar-refractivity contribution in [2.24, 2.45) is 16.1 Å². The number of aryl methyl sites for hydroxylation is 1. The van der Waals surface area contributed by atoms with Gasteiger partial charge >= 0.3 is 5.97 Å². The predicted octanol–water partition coefficient (Wildman–Crippen LogP) is 6.38. The molecule has 2 heterocycles. The minimum atomic E-state index is -1.24. The van der Waals surface area contributed by atoms with Gasteiger partial charge in [-0.25, -0.2) is 9.78 Å². The fourth-order valence-corrected chi connectivity index (χ4v) is 4.96. The second-order valence-corrected chi connectivity index (χ2v) is 10.1. The van der Waals surface area contributed by atoms with Crippen molar-refractivity contribution in [3.63, 3.8) is 0 Å². The molecule has 0 atom stereocenters. The Labute approximate surface area is 238 Å². The molecule has 2 N–H and O–H groups in total. The average Bonchev–Trinajstić information content (AvgIpc) is 3.40. The van der Waals surface area contributed by atoms with E-state index < -0.39 is 5.97 Å². The Morgan fingerprint density at radius 2 is 1.61 bits per heavy atom. The first-order chi connectivity index (χ1) is 19.9. The fraction of sp³-hybridized carbons (Fsp3) is 0.219. The second-order valence-electron chi connectivity index (χ2n) is 10.1. The van der Waals surface area contributed by atoms with E-state index in [1.165, 1.54) is 18.2 Å². The lowest BCUT2D eigenvalue weighted by Crippen LogP contribution is -2.38. The Morgan fingerprint density at radius 1 is 0.951 bits per heavy atom. The maximum Gasteiger partial charge on any atom is 0.339 e. The molecule has 1 aliphatic rings. The third-order valence-electron chi connectivity index (χ3n) is 7.33. The summed E-state index contributed by atoms with van der Waals surface area (Å²) in [5.74, 6) is -0.0498. The molecule has 0 spiro atoms. The summed E-state index contributed by atoms with van der Waals surface area (Å²) in [6.45, 7) is 4.37. The maximum absolute atomic E-state index is 13.4. The van der Waals surface area contributed by atoms with E-state index in [0.29, 0.717) is 17.3 Å². The van der Waals surface area contributed by atoms with E-state index in [1.54, 1.807) is 18.2 Å². The van der Waals surface area contributed by atoms with Crippen LogP contribution in [0.3, 0.4) is 0 Å². The van der Waals surface area contributed by atoms with Gasteiger partial charge in [0, 0.05) is 38.1 Å². The van der Waals surface area contributed by atoms with Gasteiger partial charge in [0.2, 0.25) is 5.91 Å². The first-order valence-corrected chi connectivity index (χ1v) is 13.5. The molecule has 208 valence electrons. The molecule has 9 nitrogen and oxygen atoms in total. The topological polar surface area (TPSA) is 120 Å². The Bertz CT molecular complexity index is 1580. The van der Waals surface area contributed by atoms with Crippen molar-refractivity contribution in [3.05, 3.63) is 114 Å². The number of imidazole rings is 1. The van der Waals surface area contributed by atoms with E-state index in [1.807, 2.05) is 66.7 Å². The normalized spacial score (nSPS) is 14.5. The van der Waals surface area contributed by atoms with Crippen LogP contribution in [0.2, 0.25) is 0 Å². The van der Waals surface area contributed by atoms with Gasteiger partial charge in [0.15, 0.2) is 0 Å². The minimum Gasteiger partial charge on any atom is -0.507 e. The highest BCUT2D eigenvalue weighted by Crippen LogP contribution is 2.29. The zero-order chi connectivity index (χ0) is 28.8. The SMILES string of the molecule is Cc1nccn1CC1CCN(C(=O)/C=C(/c2ccccc2)c2ccc(N=Nc3ccc(O)c(C(=O)O)c3)cc2)CC1. The first-order valence-electron chi connectivity index (χ1n) is 13.5. The number of carbonyl (C=O) groups excluding carboxylic acids is 1. The number of amides is 1. The number of hydrogen-bond acceptors (Lipinski definition) is 6. The van der Waals surface area contributed by atoms with Gasteiger partial charge in [0.1, 0.15) is 17.1 Å². The van der Waals surface area contributed by atoms with Crippen LogP contribution in [0.1, 0.15) is 40.2 Å². The van der Waals surface area contributed by atoms with E-state index in [9.17, 15) is 19.8 Å². The molecule has 1 fully saturated rings. The standard InChI is InChI=1S/C32H31N5O4/c1-22-33-15-18-37(22)21-23-13-16-36(17-14-23)31(39)20-28(24-5-3-2-4-6-24)25-7-9-26(10-8-25)34-35-27-11-12-30(38)29(19-27)32(40)41/h2-12,15,18-20,23,38H,13-14,16-17,21H2,1H3,(H,40,41)/b28-20-,35-34?. The molecule has 1 aromatic heterocycles. The van der Waals surface area contributed by atoms with E-state index in [4.69, 9.17) is 0 Å². The highest BCUT2D eigenvalue weighted by Gasteiger charge is 2.23. The number of aromatic carboxylic acids is 1. The molecule has 1 amide bonds. The van der Waals surface area contributed by atoms with Crippen molar-refractivity contribution in [2.75, 3.05) is 13.1 Å². The highest BCUT2D eigenvalue weighted by atomic mass is 16.4. The van der Waals surface area contributed by atoms with Crippen LogP contribution < -0.4 is 0 Å². The van der Waals surface area contributed by atoms with Crippen LogP contribution in [-0.2, 0) is 11.3 Å². The number of rotatable bonds is 8. The number of likely N-dealkylation sites (tertiary alicyclic amines) is 1. The van der Waals surface area contributed by atoms with Gasteiger partial charge < -0.3 is 19.7 Å². The zero-order valence-corrected chi connectivity index (χ0v) is 22.7. The van der Waals surface area contributed by atoms with Crippen LogP contribution in [0.5, 0.6) is 5.75 Å². The molecular weight excluding hydrogens is 518 g/mol. The highest BCUT2D eigenvalue weighted by molar-refractivity contribution is 5.99. The van der Waals surface area contributed by atoms with E-state index in [-0.39, 0.29) is 17.2 Å². The van der Waals surface area contributed by atoms with E-state index >= 15 is 0 Å². The second kappa shape index (κ2) is 12.4. The van der Waals surface area contributed by atoms with Gasteiger partial charge in [0.05, 0.1) is 11.4 Å². The number of aromatic hydroxyl groups is 1. The van der Waals surface area contributed by atoms with Crippen molar-refractivity contribution < 1.29 is 19.8 Å². The number of hydrogen-bond donors (Lipinski definition) is 2. The van der Waals surface area contributed by atoms with Crippen molar-refractivity contribution in [1.82, 2.24) is 14.5 Å². The summed E-state index contributed by atoms with van der Waals surface area (Å²) in [6.07, 6.45) is 7.46. The molecule has 1 aliphatic heterocycles. The van der Waals surface area contributed by atoms with Crippen LogP contribution in [-0.4, -0.2) is 49.6 Å². The van der Waals surface area contributed by atoms with Gasteiger partial charge in [0.25, 0.3) is 0 Å². The monoisotopic (exact) mass is 549 g/mol. The molecule has 3 aromatic carbocycles. The van der Waals surface area contributed by atoms with Crippen molar-refractivity contribution in [1.29, 1.82) is 0 Å². The number of carboxylic acid groups (broad SMARTS) is 1. The lowest BCUT2D eigenvalue weighted by Gasteiger charge is -2.32. The van der Waals surface area contributed by atoms with Crippen LogP contribution in [0.15, 0.2) is 101 Å². The molecule has 5 rings (SSSR count). The Hall–Kier alpha value is -5.05. The predicted molar refractivity (Wildman–Crippen MR) is 155 cm³/mol.